The van der Waals surface area contributed by atoms with Crippen LogP contribution in [0.15, 0.2) is 18.2 Å². The predicted molar refractivity (Wildman–Crippen MR) is 80.4 cm³/mol. The van der Waals surface area contributed by atoms with E-state index in [0.29, 0.717) is 11.7 Å². The first-order valence-corrected chi connectivity index (χ1v) is 7.34. The zero-order valence-electron chi connectivity index (χ0n) is 12.2. The molecule has 1 fully saturated rings. The normalized spacial score (nSPS) is 16.1. The summed E-state index contributed by atoms with van der Waals surface area (Å²) >= 11 is 0. The molecule has 1 aliphatic carbocycles. The van der Waals surface area contributed by atoms with Gasteiger partial charge in [0, 0.05) is 25.3 Å². The van der Waals surface area contributed by atoms with Crippen molar-refractivity contribution in [3.8, 4) is 0 Å². The van der Waals surface area contributed by atoms with E-state index in [1.54, 1.807) is 6.07 Å². The summed E-state index contributed by atoms with van der Waals surface area (Å²) in [5.41, 5.74) is 1.56. The van der Waals surface area contributed by atoms with Crippen molar-refractivity contribution in [1.29, 1.82) is 0 Å². The summed E-state index contributed by atoms with van der Waals surface area (Å²) in [4.78, 5) is 1.95. The second-order valence-electron chi connectivity index (χ2n) is 5.90. The van der Waals surface area contributed by atoms with E-state index in [1.807, 2.05) is 24.1 Å². The molecule has 0 unspecified atom stereocenters. The first-order chi connectivity index (χ1) is 9.08. The molecular weight excluding hydrogens is 239 g/mol. The Bertz CT molecular complexity index is 411. The summed E-state index contributed by atoms with van der Waals surface area (Å²) < 4.78 is 14.1. The third-order valence-corrected chi connectivity index (χ3v) is 4.17. The minimum absolute atomic E-state index is 0.146. The van der Waals surface area contributed by atoms with Gasteiger partial charge in [-0.2, -0.15) is 0 Å². The summed E-state index contributed by atoms with van der Waals surface area (Å²) in [6.45, 7) is 5.09. The molecule has 0 heterocycles. The highest BCUT2D eigenvalue weighted by Crippen LogP contribution is 2.27. The van der Waals surface area contributed by atoms with Crippen molar-refractivity contribution in [2.24, 2.45) is 5.92 Å². The molecule has 2 rings (SSSR count). The fourth-order valence-electron chi connectivity index (χ4n) is 2.66. The largest absolute Gasteiger partial charge is 0.385 e. The molecule has 1 aliphatic rings. The van der Waals surface area contributed by atoms with Crippen LogP contribution in [-0.2, 0) is 0 Å². The molecule has 0 amide bonds. The van der Waals surface area contributed by atoms with Gasteiger partial charge in [0.1, 0.15) is 5.82 Å². The molecule has 3 heteroatoms. The molecule has 1 aromatic carbocycles. The van der Waals surface area contributed by atoms with Crippen LogP contribution in [0.2, 0.25) is 0 Å². The van der Waals surface area contributed by atoms with Crippen molar-refractivity contribution >= 4 is 11.4 Å². The monoisotopic (exact) mass is 264 g/mol. The lowest BCUT2D eigenvalue weighted by atomic mass is 10.1. The second kappa shape index (κ2) is 6.27. The summed E-state index contributed by atoms with van der Waals surface area (Å²) in [5.74, 6) is 0.619. The molecule has 0 bridgehead atoms. The lowest BCUT2D eigenvalue weighted by molar-refractivity contribution is 0.578. The lowest BCUT2D eigenvalue weighted by Crippen LogP contribution is -2.26. The maximum Gasteiger partial charge on any atom is 0.148 e. The molecule has 106 valence electrons. The Hall–Kier alpha value is -1.25. The van der Waals surface area contributed by atoms with Crippen LogP contribution in [0.25, 0.3) is 0 Å². The molecule has 0 radical (unpaired) electrons. The van der Waals surface area contributed by atoms with Crippen LogP contribution in [0.3, 0.4) is 0 Å². The number of benzene rings is 1. The number of hydrogen-bond acceptors (Lipinski definition) is 2. The summed E-state index contributed by atoms with van der Waals surface area (Å²) in [6, 6.07) is 5.76. The Morgan fingerprint density at radius 1 is 1.32 bits per heavy atom. The van der Waals surface area contributed by atoms with Crippen molar-refractivity contribution in [1.82, 2.24) is 0 Å². The van der Waals surface area contributed by atoms with Crippen LogP contribution in [0.5, 0.6) is 0 Å². The average Bonchev–Trinajstić information content (AvgIpc) is 2.88. The fourth-order valence-corrected chi connectivity index (χ4v) is 2.66. The molecule has 0 saturated heterocycles. The van der Waals surface area contributed by atoms with E-state index in [9.17, 15) is 4.39 Å². The van der Waals surface area contributed by atoms with Crippen LogP contribution in [-0.4, -0.2) is 19.6 Å². The maximum absolute atomic E-state index is 14.1. The van der Waals surface area contributed by atoms with E-state index in [2.05, 4.69) is 19.2 Å². The smallest absolute Gasteiger partial charge is 0.148 e. The standard InChI is InChI=1S/C16H25FN2/c1-12(2)19(3)16-9-8-14(10-15(16)17)18-11-13-6-4-5-7-13/h8-10,12-13,18H,4-7,11H2,1-3H3. The topological polar surface area (TPSA) is 15.3 Å². The summed E-state index contributed by atoms with van der Waals surface area (Å²) in [6.07, 6.45) is 5.31. The van der Waals surface area contributed by atoms with Gasteiger partial charge < -0.3 is 10.2 Å². The predicted octanol–water partition coefficient (Wildman–Crippen LogP) is 4.27. The fraction of sp³-hybridized carbons (Fsp3) is 0.625. The molecule has 0 aromatic heterocycles. The number of nitrogens with zero attached hydrogens (tertiary/aromatic N) is 1. The van der Waals surface area contributed by atoms with Gasteiger partial charge in [0.05, 0.1) is 5.69 Å². The van der Waals surface area contributed by atoms with Crippen molar-refractivity contribution in [3.63, 3.8) is 0 Å². The third-order valence-electron chi connectivity index (χ3n) is 4.17. The zero-order valence-corrected chi connectivity index (χ0v) is 12.2. The van der Waals surface area contributed by atoms with Crippen molar-refractivity contribution < 1.29 is 4.39 Å². The van der Waals surface area contributed by atoms with Gasteiger partial charge >= 0.3 is 0 Å². The Kier molecular flexibility index (Phi) is 4.67. The number of halogens is 1. The minimum Gasteiger partial charge on any atom is -0.385 e. The van der Waals surface area contributed by atoms with Gasteiger partial charge in [0.15, 0.2) is 0 Å². The maximum atomic E-state index is 14.1. The van der Waals surface area contributed by atoms with Gasteiger partial charge in [0.25, 0.3) is 0 Å². The highest BCUT2D eigenvalue weighted by Gasteiger charge is 2.15. The van der Waals surface area contributed by atoms with Crippen LogP contribution in [0.1, 0.15) is 39.5 Å². The Morgan fingerprint density at radius 2 is 2.00 bits per heavy atom. The van der Waals surface area contributed by atoms with Gasteiger partial charge in [0.2, 0.25) is 0 Å². The number of anilines is 2. The Balaban J connectivity index is 1.97. The van der Waals surface area contributed by atoms with Gasteiger partial charge in [-0.1, -0.05) is 12.8 Å². The molecule has 1 aromatic rings. The van der Waals surface area contributed by atoms with Crippen LogP contribution < -0.4 is 10.2 Å². The molecule has 1 saturated carbocycles. The molecule has 0 aliphatic heterocycles. The molecular formula is C16H25FN2. The molecule has 2 nitrogen and oxygen atoms in total. The highest BCUT2D eigenvalue weighted by atomic mass is 19.1. The highest BCUT2D eigenvalue weighted by molar-refractivity contribution is 5.56. The van der Waals surface area contributed by atoms with E-state index < -0.39 is 0 Å². The van der Waals surface area contributed by atoms with E-state index in [-0.39, 0.29) is 5.82 Å². The first-order valence-electron chi connectivity index (χ1n) is 7.34. The van der Waals surface area contributed by atoms with E-state index in [1.165, 1.54) is 25.7 Å². The summed E-state index contributed by atoms with van der Waals surface area (Å²) in [7, 11) is 1.93. The average molecular weight is 264 g/mol. The summed E-state index contributed by atoms with van der Waals surface area (Å²) in [5, 5.41) is 3.36. The number of rotatable bonds is 5. The Morgan fingerprint density at radius 3 is 2.58 bits per heavy atom. The first kappa shape index (κ1) is 14.2. The number of nitrogens with one attached hydrogen (secondary N) is 1. The van der Waals surface area contributed by atoms with Gasteiger partial charge in [-0.3, -0.25) is 0 Å². The van der Waals surface area contributed by atoms with Crippen molar-refractivity contribution in [2.45, 2.75) is 45.6 Å². The third kappa shape index (κ3) is 3.62. The van der Waals surface area contributed by atoms with Gasteiger partial charge in [-0.05, 0) is 50.8 Å². The number of hydrogen-bond donors (Lipinski definition) is 1. The minimum atomic E-state index is -0.146. The van der Waals surface area contributed by atoms with Crippen molar-refractivity contribution in [2.75, 3.05) is 23.8 Å². The second-order valence-corrected chi connectivity index (χ2v) is 5.90. The van der Waals surface area contributed by atoms with Crippen LogP contribution in [0, 0.1) is 11.7 Å². The van der Waals surface area contributed by atoms with E-state index >= 15 is 0 Å². The molecule has 0 spiro atoms. The zero-order chi connectivity index (χ0) is 13.8. The van der Waals surface area contributed by atoms with Crippen LogP contribution in [0.4, 0.5) is 15.8 Å². The van der Waals surface area contributed by atoms with Crippen molar-refractivity contribution in [3.05, 3.63) is 24.0 Å². The van der Waals surface area contributed by atoms with E-state index in [4.69, 9.17) is 0 Å². The van der Waals surface area contributed by atoms with Gasteiger partial charge in [-0.25, -0.2) is 4.39 Å². The molecule has 0 atom stereocenters. The van der Waals surface area contributed by atoms with Gasteiger partial charge in [-0.15, -0.1) is 0 Å². The SMILES string of the molecule is CC(C)N(C)c1ccc(NCC2CCCC2)cc1F. The van der Waals surface area contributed by atoms with Crippen LogP contribution >= 0.6 is 0 Å². The Labute approximate surface area is 116 Å². The lowest BCUT2D eigenvalue weighted by Gasteiger charge is -2.24. The molecule has 1 N–H and O–H groups in total. The quantitative estimate of drug-likeness (QED) is 0.854. The van der Waals surface area contributed by atoms with E-state index in [0.717, 1.165) is 18.2 Å². The molecule has 19 heavy (non-hydrogen) atoms.